The van der Waals surface area contributed by atoms with E-state index in [1.165, 1.54) is 25.0 Å². The Labute approximate surface area is 95.9 Å². The minimum Gasteiger partial charge on any atom is -0.373 e. The number of methoxy groups -OCH3 is 1. The maximum atomic E-state index is 12.9. The van der Waals surface area contributed by atoms with Crippen LogP contribution in [0.1, 0.15) is 24.8 Å². The number of hydrogen-bond donors (Lipinski definition) is 0. The van der Waals surface area contributed by atoms with Crippen molar-refractivity contribution in [3.05, 3.63) is 48.3 Å². The first-order chi connectivity index (χ1) is 7.73. The smallest absolute Gasteiger partial charge is 0.123 e. The summed E-state index contributed by atoms with van der Waals surface area (Å²) in [6.45, 7) is 3.79. The molecule has 2 heteroatoms. The zero-order chi connectivity index (χ0) is 11.6. The quantitative estimate of drug-likeness (QED) is 0.688. The summed E-state index contributed by atoms with van der Waals surface area (Å²) in [5.41, 5.74) is 0.758. The molecule has 0 bridgehead atoms. The Morgan fingerprint density at radius 2 is 2.06 bits per heavy atom. The maximum Gasteiger partial charge on any atom is 0.123 e. The van der Waals surface area contributed by atoms with Gasteiger partial charge < -0.3 is 4.74 Å². The van der Waals surface area contributed by atoms with Gasteiger partial charge in [0.15, 0.2) is 0 Å². The van der Waals surface area contributed by atoms with Gasteiger partial charge in [0.25, 0.3) is 0 Å². The standard InChI is InChI=1S/C14H17FO/c1-3-10-14(16-2,11-4-5-11)12-6-8-13(15)9-7-12/h3,6-9,11H,1,4-5,10H2,2H3. The zero-order valence-corrected chi connectivity index (χ0v) is 9.58. The predicted octanol–water partition coefficient (Wildman–Crippen LogP) is 3.65. The van der Waals surface area contributed by atoms with Crippen LogP contribution in [0.25, 0.3) is 0 Å². The SMILES string of the molecule is C=CCC(OC)(c1ccc(F)cc1)C1CC1. The molecule has 0 amide bonds. The molecule has 0 spiro atoms. The van der Waals surface area contributed by atoms with Crippen molar-refractivity contribution in [2.75, 3.05) is 7.11 Å². The minimum atomic E-state index is -0.296. The van der Waals surface area contributed by atoms with E-state index < -0.39 is 0 Å². The Bertz CT molecular complexity index is 367. The summed E-state index contributed by atoms with van der Waals surface area (Å²) in [4.78, 5) is 0. The van der Waals surface area contributed by atoms with E-state index >= 15 is 0 Å². The van der Waals surface area contributed by atoms with Crippen LogP contribution >= 0.6 is 0 Å². The molecule has 0 aliphatic heterocycles. The van der Waals surface area contributed by atoms with Crippen molar-refractivity contribution >= 4 is 0 Å². The molecule has 86 valence electrons. The van der Waals surface area contributed by atoms with Gasteiger partial charge in [-0.3, -0.25) is 0 Å². The molecule has 1 atom stereocenters. The van der Waals surface area contributed by atoms with Gasteiger partial charge in [-0.25, -0.2) is 4.39 Å². The zero-order valence-electron chi connectivity index (χ0n) is 9.58. The van der Waals surface area contributed by atoms with Gasteiger partial charge in [0, 0.05) is 7.11 Å². The molecule has 1 fully saturated rings. The average molecular weight is 220 g/mol. The van der Waals surface area contributed by atoms with Crippen molar-refractivity contribution in [2.45, 2.75) is 24.9 Å². The third-order valence-corrected chi connectivity index (χ3v) is 3.38. The molecule has 1 aliphatic rings. The normalized spacial score (nSPS) is 19.1. The Hall–Kier alpha value is -1.15. The van der Waals surface area contributed by atoms with E-state index in [9.17, 15) is 4.39 Å². The van der Waals surface area contributed by atoms with Gasteiger partial charge in [-0.2, -0.15) is 0 Å². The molecule has 16 heavy (non-hydrogen) atoms. The second-order valence-corrected chi connectivity index (χ2v) is 4.37. The largest absolute Gasteiger partial charge is 0.373 e. The summed E-state index contributed by atoms with van der Waals surface area (Å²) in [6.07, 6.45) is 5.02. The number of halogens is 1. The van der Waals surface area contributed by atoms with Gasteiger partial charge in [0.05, 0.1) is 5.60 Å². The van der Waals surface area contributed by atoms with Crippen LogP contribution in [-0.2, 0) is 10.3 Å². The van der Waals surface area contributed by atoms with Crippen molar-refractivity contribution < 1.29 is 9.13 Å². The highest BCUT2D eigenvalue weighted by molar-refractivity contribution is 5.27. The molecular formula is C14H17FO. The fourth-order valence-corrected chi connectivity index (χ4v) is 2.38. The van der Waals surface area contributed by atoms with Crippen LogP contribution in [0.2, 0.25) is 0 Å². The van der Waals surface area contributed by atoms with E-state index in [0.717, 1.165) is 12.0 Å². The highest BCUT2D eigenvalue weighted by atomic mass is 19.1. The third kappa shape index (κ3) is 1.90. The van der Waals surface area contributed by atoms with Gasteiger partial charge >= 0.3 is 0 Å². The lowest BCUT2D eigenvalue weighted by molar-refractivity contribution is -0.0323. The van der Waals surface area contributed by atoms with Gasteiger partial charge in [-0.1, -0.05) is 18.2 Å². The fourth-order valence-electron chi connectivity index (χ4n) is 2.38. The van der Waals surface area contributed by atoms with Gasteiger partial charge in [0.1, 0.15) is 5.82 Å². The van der Waals surface area contributed by atoms with E-state index in [2.05, 4.69) is 6.58 Å². The highest BCUT2D eigenvalue weighted by Crippen LogP contribution is 2.50. The molecule has 1 unspecified atom stereocenters. The molecule has 0 radical (unpaired) electrons. The average Bonchev–Trinajstić information content (AvgIpc) is 3.11. The van der Waals surface area contributed by atoms with Gasteiger partial charge in [-0.15, -0.1) is 6.58 Å². The molecule has 0 N–H and O–H groups in total. The van der Waals surface area contributed by atoms with Crippen molar-refractivity contribution in [3.8, 4) is 0 Å². The molecule has 0 heterocycles. The Balaban J connectivity index is 2.36. The summed E-state index contributed by atoms with van der Waals surface area (Å²) in [6, 6.07) is 6.63. The Kier molecular flexibility index (Phi) is 3.10. The van der Waals surface area contributed by atoms with Crippen LogP contribution in [-0.4, -0.2) is 7.11 Å². The molecule has 1 nitrogen and oxygen atoms in total. The van der Waals surface area contributed by atoms with Crippen LogP contribution in [0.5, 0.6) is 0 Å². The van der Waals surface area contributed by atoms with Crippen LogP contribution in [0.15, 0.2) is 36.9 Å². The third-order valence-electron chi connectivity index (χ3n) is 3.38. The van der Waals surface area contributed by atoms with Crippen LogP contribution in [0.4, 0.5) is 4.39 Å². The van der Waals surface area contributed by atoms with Crippen molar-refractivity contribution in [1.82, 2.24) is 0 Å². The van der Waals surface area contributed by atoms with Gasteiger partial charge in [0.2, 0.25) is 0 Å². The Morgan fingerprint density at radius 1 is 1.44 bits per heavy atom. The first-order valence-corrected chi connectivity index (χ1v) is 5.65. The molecular weight excluding hydrogens is 203 g/mol. The van der Waals surface area contributed by atoms with E-state index in [4.69, 9.17) is 4.74 Å². The number of rotatable bonds is 5. The summed E-state index contributed by atoms with van der Waals surface area (Å²) < 4.78 is 18.7. The maximum absolute atomic E-state index is 12.9. The topological polar surface area (TPSA) is 9.23 Å². The van der Waals surface area contributed by atoms with Crippen LogP contribution in [0, 0.1) is 11.7 Å². The summed E-state index contributed by atoms with van der Waals surface area (Å²) in [5, 5.41) is 0. The van der Waals surface area contributed by atoms with E-state index in [1.54, 1.807) is 7.11 Å². The molecule has 1 aliphatic carbocycles. The molecule has 1 saturated carbocycles. The first-order valence-electron chi connectivity index (χ1n) is 5.65. The van der Waals surface area contributed by atoms with Crippen LogP contribution < -0.4 is 0 Å². The lowest BCUT2D eigenvalue weighted by atomic mass is 9.85. The number of ether oxygens (including phenoxy) is 1. The number of benzene rings is 1. The molecule has 1 aromatic rings. The summed E-state index contributed by atoms with van der Waals surface area (Å²) in [7, 11) is 1.73. The minimum absolute atomic E-state index is 0.205. The van der Waals surface area contributed by atoms with Crippen molar-refractivity contribution in [2.24, 2.45) is 5.92 Å². The van der Waals surface area contributed by atoms with E-state index in [0.29, 0.717) is 5.92 Å². The Morgan fingerprint density at radius 3 is 2.50 bits per heavy atom. The lowest BCUT2D eigenvalue weighted by Gasteiger charge is -2.32. The second kappa shape index (κ2) is 4.38. The fraction of sp³-hybridized carbons (Fsp3) is 0.429. The lowest BCUT2D eigenvalue weighted by Crippen LogP contribution is -2.30. The molecule has 0 saturated heterocycles. The van der Waals surface area contributed by atoms with E-state index in [-0.39, 0.29) is 11.4 Å². The highest BCUT2D eigenvalue weighted by Gasteiger charge is 2.45. The van der Waals surface area contributed by atoms with Gasteiger partial charge in [-0.05, 0) is 42.9 Å². The first kappa shape index (κ1) is 11.3. The molecule has 0 aromatic heterocycles. The van der Waals surface area contributed by atoms with Crippen molar-refractivity contribution in [1.29, 1.82) is 0 Å². The van der Waals surface area contributed by atoms with E-state index in [1.807, 2.05) is 18.2 Å². The molecule has 1 aromatic carbocycles. The molecule has 2 rings (SSSR count). The predicted molar refractivity (Wildman–Crippen MR) is 62.6 cm³/mol. The van der Waals surface area contributed by atoms with Crippen molar-refractivity contribution in [3.63, 3.8) is 0 Å². The second-order valence-electron chi connectivity index (χ2n) is 4.37. The summed E-state index contributed by atoms with van der Waals surface area (Å²) >= 11 is 0. The monoisotopic (exact) mass is 220 g/mol. The summed E-state index contributed by atoms with van der Waals surface area (Å²) in [5.74, 6) is 0.337. The van der Waals surface area contributed by atoms with Crippen LogP contribution in [0.3, 0.4) is 0 Å². The number of hydrogen-bond acceptors (Lipinski definition) is 1.